The standard InChI is InChI=1S/C18H21N7O3/c1-12-4-2-3-9-18(12)16(27)24(17(28)21-18)10-15(26)20-13-5-7-14(8-6-13)25-11-19-22-23-25/h5-8,11-12H,2-4,9-10H2,1H3,(H,20,26)(H,21,28)/t12-,18-/m1/s1. The number of carbonyl (C=O) groups is 3. The van der Waals surface area contributed by atoms with Crippen LogP contribution in [0.15, 0.2) is 30.6 Å². The van der Waals surface area contributed by atoms with E-state index in [1.807, 2.05) is 6.92 Å². The first kappa shape index (κ1) is 18.1. The highest BCUT2D eigenvalue weighted by molar-refractivity contribution is 6.10. The van der Waals surface area contributed by atoms with Gasteiger partial charge in [0.15, 0.2) is 0 Å². The van der Waals surface area contributed by atoms with Crippen LogP contribution in [0.1, 0.15) is 32.6 Å². The molecule has 4 rings (SSSR count). The van der Waals surface area contributed by atoms with Gasteiger partial charge in [-0.2, -0.15) is 0 Å². The molecule has 1 aliphatic heterocycles. The van der Waals surface area contributed by atoms with Crippen molar-refractivity contribution in [2.24, 2.45) is 5.92 Å². The molecule has 2 heterocycles. The van der Waals surface area contributed by atoms with Crippen molar-refractivity contribution < 1.29 is 14.4 Å². The number of urea groups is 1. The van der Waals surface area contributed by atoms with Crippen molar-refractivity contribution >= 4 is 23.5 Å². The Morgan fingerprint density at radius 2 is 2.07 bits per heavy atom. The second kappa shape index (κ2) is 7.02. The fourth-order valence-corrected chi connectivity index (χ4v) is 3.96. The van der Waals surface area contributed by atoms with E-state index in [1.54, 1.807) is 24.3 Å². The Bertz CT molecular complexity index is 896. The van der Waals surface area contributed by atoms with Crippen LogP contribution in [-0.2, 0) is 9.59 Å². The van der Waals surface area contributed by atoms with Crippen molar-refractivity contribution in [1.29, 1.82) is 0 Å². The fraction of sp³-hybridized carbons (Fsp3) is 0.444. The molecule has 146 valence electrons. The zero-order valence-electron chi connectivity index (χ0n) is 15.5. The molecule has 1 aliphatic carbocycles. The molecule has 1 spiro atoms. The minimum absolute atomic E-state index is 0.0598. The predicted molar refractivity (Wildman–Crippen MR) is 98.4 cm³/mol. The number of imide groups is 1. The van der Waals surface area contributed by atoms with Gasteiger partial charge >= 0.3 is 6.03 Å². The lowest BCUT2D eigenvalue weighted by Crippen LogP contribution is -2.54. The molecule has 1 aromatic heterocycles. The zero-order valence-corrected chi connectivity index (χ0v) is 15.5. The summed E-state index contributed by atoms with van der Waals surface area (Å²) in [6, 6.07) is 6.40. The summed E-state index contributed by atoms with van der Waals surface area (Å²) in [6.07, 6.45) is 4.92. The molecule has 10 nitrogen and oxygen atoms in total. The number of aromatic nitrogens is 4. The molecule has 2 aromatic rings. The van der Waals surface area contributed by atoms with Gasteiger partial charge in [0.2, 0.25) is 5.91 Å². The summed E-state index contributed by atoms with van der Waals surface area (Å²) in [7, 11) is 0. The Balaban J connectivity index is 1.41. The van der Waals surface area contributed by atoms with Crippen LogP contribution in [0.5, 0.6) is 0 Å². The SMILES string of the molecule is C[C@@H]1CCCC[C@@]12NC(=O)N(CC(=O)Nc1ccc(-n3cnnn3)cc1)C2=O. The topological polar surface area (TPSA) is 122 Å². The Kier molecular flexibility index (Phi) is 4.54. The first-order valence-corrected chi connectivity index (χ1v) is 9.27. The van der Waals surface area contributed by atoms with Gasteiger partial charge in [0, 0.05) is 5.69 Å². The Morgan fingerprint density at radius 3 is 2.75 bits per heavy atom. The number of nitrogens with one attached hydrogen (secondary N) is 2. The number of carbonyl (C=O) groups excluding carboxylic acids is 3. The maximum absolute atomic E-state index is 12.9. The van der Waals surface area contributed by atoms with Crippen molar-refractivity contribution in [3.63, 3.8) is 0 Å². The highest BCUT2D eigenvalue weighted by Gasteiger charge is 2.55. The number of hydrogen-bond donors (Lipinski definition) is 2. The summed E-state index contributed by atoms with van der Waals surface area (Å²) in [5, 5.41) is 16.5. The smallest absolute Gasteiger partial charge is 0.325 e. The third-order valence-electron chi connectivity index (χ3n) is 5.57. The van der Waals surface area contributed by atoms with Gasteiger partial charge in [-0.25, -0.2) is 9.48 Å². The molecule has 2 fully saturated rings. The number of amides is 4. The van der Waals surface area contributed by atoms with Gasteiger partial charge in [-0.05, 0) is 53.5 Å². The first-order chi connectivity index (χ1) is 13.5. The molecule has 0 unspecified atom stereocenters. The predicted octanol–water partition coefficient (Wildman–Crippen LogP) is 1.10. The van der Waals surface area contributed by atoms with Gasteiger partial charge in [-0.15, -0.1) is 5.10 Å². The molecule has 1 aromatic carbocycles. The van der Waals surface area contributed by atoms with Gasteiger partial charge in [0.25, 0.3) is 5.91 Å². The minimum Gasteiger partial charge on any atom is -0.325 e. The van der Waals surface area contributed by atoms with Crippen molar-refractivity contribution in [3.8, 4) is 5.69 Å². The van der Waals surface area contributed by atoms with E-state index in [0.29, 0.717) is 12.1 Å². The molecule has 10 heteroatoms. The van der Waals surface area contributed by atoms with E-state index in [0.717, 1.165) is 29.8 Å². The zero-order chi connectivity index (χ0) is 19.7. The van der Waals surface area contributed by atoms with Crippen molar-refractivity contribution in [3.05, 3.63) is 30.6 Å². The molecule has 1 saturated heterocycles. The van der Waals surface area contributed by atoms with Crippen LogP contribution in [0.2, 0.25) is 0 Å². The summed E-state index contributed by atoms with van der Waals surface area (Å²) in [6.45, 7) is 1.67. The lowest BCUT2D eigenvalue weighted by Gasteiger charge is -2.36. The third-order valence-corrected chi connectivity index (χ3v) is 5.57. The van der Waals surface area contributed by atoms with Crippen LogP contribution in [-0.4, -0.2) is 55.0 Å². The van der Waals surface area contributed by atoms with E-state index >= 15 is 0 Å². The number of hydrogen-bond acceptors (Lipinski definition) is 6. The van der Waals surface area contributed by atoms with Crippen LogP contribution in [0.4, 0.5) is 10.5 Å². The van der Waals surface area contributed by atoms with Crippen LogP contribution < -0.4 is 10.6 Å². The molecule has 0 radical (unpaired) electrons. The molecule has 1 saturated carbocycles. The first-order valence-electron chi connectivity index (χ1n) is 9.27. The molecule has 0 bridgehead atoms. The summed E-state index contributed by atoms with van der Waals surface area (Å²) in [5.74, 6) is -0.669. The highest BCUT2D eigenvalue weighted by atomic mass is 16.2. The Hall–Kier alpha value is -3.30. The molecule has 28 heavy (non-hydrogen) atoms. The van der Waals surface area contributed by atoms with Crippen LogP contribution in [0, 0.1) is 5.92 Å². The normalized spacial score (nSPS) is 24.5. The van der Waals surface area contributed by atoms with E-state index in [2.05, 4.69) is 26.2 Å². The van der Waals surface area contributed by atoms with Gasteiger partial charge in [-0.3, -0.25) is 14.5 Å². The van der Waals surface area contributed by atoms with E-state index in [-0.39, 0.29) is 18.4 Å². The Morgan fingerprint density at radius 1 is 1.29 bits per heavy atom. The second-order valence-electron chi connectivity index (χ2n) is 7.29. The summed E-state index contributed by atoms with van der Waals surface area (Å²) >= 11 is 0. The average Bonchev–Trinajstić information content (AvgIpc) is 3.29. The lowest BCUT2D eigenvalue weighted by atomic mass is 9.73. The lowest BCUT2D eigenvalue weighted by molar-refractivity contribution is -0.136. The number of nitrogens with zero attached hydrogens (tertiary/aromatic N) is 5. The third kappa shape index (κ3) is 3.10. The van der Waals surface area contributed by atoms with E-state index in [9.17, 15) is 14.4 Å². The average molecular weight is 383 g/mol. The number of anilines is 1. The number of rotatable bonds is 4. The van der Waals surface area contributed by atoms with Crippen molar-refractivity contribution in [2.45, 2.75) is 38.1 Å². The van der Waals surface area contributed by atoms with Crippen LogP contribution in [0.3, 0.4) is 0 Å². The van der Waals surface area contributed by atoms with Crippen molar-refractivity contribution in [1.82, 2.24) is 30.4 Å². The number of benzene rings is 1. The van der Waals surface area contributed by atoms with E-state index in [1.165, 1.54) is 11.0 Å². The monoisotopic (exact) mass is 383 g/mol. The van der Waals surface area contributed by atoms with Gasteiger partial charge in [-0.1, -0.05) is 19.8 Å². The molecule has 4 amide bonds. The van der Waals surface area contributed by atoms with Gasteiger partial charge in [0.05, 0.1) is 5.69 Å². The Labute approximate surface area is 161 Å². The van der Waals surface area contributed by atoms with Gasteiger partial charge in [0.1, 0.15) is 18.4 Å². The highest BCUT2D eigenvalue weighted by Crippen LogP contribution is 2.38. The number of tetrazole rings is 1. The van der Waals surface area contributed by atoms with Crippen LogP contribution >= 0.6 is 0 Å². The molecule has 2 N–H and O–H groups in total. The molecule has 2 aliphatic rings. The molecular weight excluding hydrogens is 362 g/mol. The van der Waals surface area contributed by atoms with E-state index < -0.39 is 17.5 Å². The minimum atomic E-state index is -0.858. The van der Waals surface area contributed by atoms with Crippen LogP contribution in [0.25, 0.3) is 5.69 Å². The summed E-state index contributed by atoms with van der Waals surface area (Å²) < 4.78 is 1.49. The summed E-state index contributed by atoms with van der Waals surface area (Å²) in [5.41, 5.74) is 0.434. The fourth-order valence-electron chi connectivity index (χ4n) is 3.96. The quantitative estimate of drug-likeness (QED) is 0.763. The maximum atomic E-state index is 12.9. The largest absolute Gasteiger partial charge is 0.325 e. The van der Waals surface area contributed by atoms with Crippen molar-refractivity contribution in [2.75, 3.05) is 11.9 Å². The summed E-state index contributed by atoms with van der Waals surface area (Å²) in [4.78, 5) is 38.7. The van der Waals surface area contributed by atoms with Gasteiger partial charge < -0.3 is 10.6 Å². The molecular formula is C18H21N7O3. The second-order valence-corrected chi connectivity index (χ2v) is 7.29. The molecule has 2 atom stereocenters. The van der Waals surface area contributed by atoms with E-state index in [4.69, 9.17) is 0 Å². The maximum Gasteiger partial charge on any atom is 0.325 e.